The minimum absolute atomic E-state index is 0.853. The van der Waals surface area contributed by atoms with Crippen molar-refractivity contribution in [2.24, 2.45) is 5.92 Å². The second kappa shape index (κ2) is 6.55. The topological polar surface area (TPSA) is 15.3 Å². The van der Waals surface area contributed by atoms with Gasteiger partial charge in [0.1, 0.15) is 0 Å². The van der Waals surface area contributed by atoms with Crippen LogP contribution in [0.2, 0.25) is 0 Å². The zero-order valence-electron chi connectivity index (χ0n) is 11.4. The highest BCUT2D eigenvalue weighted by molar-refractivity contribution is 14.1. The molecule has 1 heterocycles. The fourth-order valence-electron chi connectivity index (χ4n) is 2.93. The molecule has 1 unspecified atom stereocenters. The molecule has 1 aliphatic carbocycles. The molecule has 3 rings (SSSR count). The van der Waals surface area contributed by atoms with Crippen LogP contribution >= 0.6 is 22.6 Å². The lowest BCUT2D eigenvalue weighted by molar-refractivity contribution is 0.165. The Labute approximate surface area is 130 Å². The van der Waals surface area contributed by atoms with Crippen LogP contribution in [-0.4, -0.2) is 30.6 Å². The number of piperidine rings is 1. The summed E-state index contributed by atoms with van der Waals surface area (Å²) >= 11 is 2.37. The van der Waals surface area contributed by atoms with Gasteiger partial charge in [-0.2, -0.15) is 0 Å². The summed E-state index contributed by atoms with van der Waals surface area (Å²) in [5, 5.41) is 3.69. The van der Waals surface area contributed by atoms with E-state index in [1.54, 1.807) is 0 Å². The van der Waals surface area contributed by atoms with Gasteiger partial charge >= 0.3 is 0 Å². The van der Waals surface area contributed by atoms with Crippen molar-refractivity contribution in [1.82, 2.24) is 10.2 Å². The number of nitrogens with zero attached hydrogens (tertiary/aromatic N) is 1. The first-order valence-corrected chi connectivity index (χ1v) is 8.57. The Morgan fingerprint density at radius 3 is 2.68 bits per heavy atom. The Balaban J connectivity index is 1.48. The van der Waals surface area contributed by atoms with E-state index in [0.717, 1.165) is 18.5 Å². The predicted molar refractivity (Wildman–Crippen MR) is 88.2 cm³/mol. The van der Waals surface area contributed by atoms with E-state index in [2.05, 4.69) is 57.1 Å². The number of hydrogen-bond donors (Lipinski definition) is 1. The van der Waals surface area contributed by atoms with Crippen molar-refractivity contribution in [3.63, 3.8) is 0 Å². The van der Waals surface area contributed by atoms with E-state index in [1.807, 2.05) is 0 Å². The van der Waals surface area contributed by atoms with Gasteiger partial charge in [-0.3, -0.25) is 4.90 Å². The summed E-state index contributed by atoms with van der Waals surface area (Å²) < 4.78 is 1.33. The minimum Gasteiger partial charge on any atom is -0.314 e. The first-order valence-electron chi connectivity index (χ1n) is 7.50. The van der Waals surface area contributed by atoms with Crippen LogP contribution in [0.3, 0.4) is 0 Å². The highest BCUT2D eigenvalue weighted by atomic mass is 127. The van der Waals surface area contributed by atoms with Gasteiger partial charge in [-0.05, 0) is 85.0 Å². The van der Waals surface area contributed by atoms with E-state index < -0.39 is 0 Å². The van der Waals surface area contributed by atoms with Crippen molar-refractivity contribution in [3.8, 4) is 0 Å². The predicted octanol–water partition coefficient (Wildman–Crippen LogP) is 3.26. The van der Waals surface area contributed by atoms with Crippen LogP contribution in [-0.2, 0) is 6.54 Å². The molecule has 2 fully saturated rings. The van der Waals surface area contributed by atoms with E-state index in [4.69, 9.17) is 0 Å². The molecular weight excluding hydrogens is 347 g/mol. The van der Waals surface area contributed by atoms with Gasteiger partial charge in [-0.25, -0.2) is 0 Å². The smallest absolute Gasteiger partial charge is 0.0233 e. The molecule has 1 atom stereocenters. The molecule has 3 heteroatoms. The fourth-order valence-corrected chi connectivity index (χ4v) is 3.29. The standard InChI is InChI=1S/C16H23IN2/c17-15-5-3-13(4-6-15)11-19-9-1-2-14(12-19)10-18-16-7-8-16/h3-6,14,16,18H,1-2,7-12H2. The molecule has 1 saturated carbocycles. The Hall–Kier alpha value is -0.130. The molecule has 1 N–H and O–H groups in total. The first-order chi connectivity index (χ1) is 9.29. The van der Waals surface area contributed by atoms with Crippen LogP contribution < -0.4 is 5.32 Å². The number of nitrogens with one attached hydrogen (secondary N) is 1. The molecule has 104 valence electrons. The molecule has 0 aromatic heterocycles. The van der Waals surface area contributed by atoms with Crippen molar-refractivity contribution < 1.29 is 0 Å². The van der Waals surface area contributed by atoms with Crippen molar-refractivity contribution >= 4 is 22.6 Å². The Morgan fingerprint density at radius 1 is 1.16 bits per heavy atom. The third-order valence-electron chi connectivity index (χ3n) is 4.20. The lowest BCUT2D eigenvalue weighted by Gasteiger charge is -2.33. The van der Waals surface area contributed by atoms with Gasteiger partial charge < -0.3 is 5.32 Å². The number of benzene rings is 1. The second-order valence-corrected chi connectivity index (χ2v) is 7.30. The highest BCUT2D eigenvalue weighted by Gasteiger charge is 2.24. The quantitative estimate of drug-likeness (QED) is 0.801. The molecule has 19 heavy (non-hydrogen) atoms. The Morgan fingerprint density at radius 2 is 1.95 bits per heavy atom. The summed E-state index contributed by atoms with van der Waals surface area (Å²) in [5.74, 6) is 0.859. The first kappa shape index (κ1) is 13.8. The van der Waals surface area contributed by atoms with Crippen molar-refractivity contribution in [2.75, 3.05) is 19.6 Å². The lowest BCUT2D eigenvalue weighted by atomic mass is 9.97. The van der Waals surface area contributed by atoms with Gasteiger partial charge in [0.25, 0.3) is 0 Å². The van der Waals surface area contributed by atoms with E-state index >= 15 is 0 Å². The molecule has 0 radical (unpaired) electrons. The van der Waals surface area contributed by atoms with Gasteiger partial charge in [0.05, 0.1) is 0 Å². The maximum atomic E-state index is 3.69. The highest BCUT2D eigenvalue weighted by Crippen LogP contribution is 2.22. The Bertz CT molecular complexity index is 400. The van der Waals surface area contributed by atoms with E-state index in [9.17, 15) is 0 Å². The lowest BCUT2D eigenvalue weighted by Crippen LogP contribution is -2.39. The van der Waals surface area contributed by atoms with E-state index in [1.165, 1.54) is 54.5 Å². The number of hydrogen-bond acceptors (Lipinski definition) is 2. The Kier molecular flexibility index (Phi) is 4.77. The van der Waals surface area contributed by atoms with Gasteiger partial charge in [-0.15, -0.1) is 0 Å². The SMILES string of the molecule is Ic1ccc(CN2CCCC(CNC3CC3)C2)cc1. The summed E-state index contributed by atoms with van der Waals surface area (Å²) in [5.41, 5.74) is 1.45. The van der Waals surface area contributed by atoms with Crippen molar-refractivity contribution in [1.29, 1.82) is 0 Å². The van der Waals surface area contributed by atoms with E-state index in [-0.39, 0.29) is 0 Å². The normalized spacial score (nSPS) is 24.6. The van der Waals surface area contributed by atoms with Crippen molar-refractivity contribution in [3.05, 3.63) is 33.4 Å². The van der Waals surface area contributed by atoms with Gasteiger partial charge in [0, 0.05) is 22.7 Å². The largest absolute Gasteiger partial charge is 0.314 e. The summed E-state index contributed by atoms with van der Waals surface area (Å²) in [7, 11) is 0. The second-order valence-electron chi connectivity index (χ2n) is 6.05. The van der Waals surface area contributed by atoms with Crippen LogP contribution in [0.25, 0.3) is 0 Å². The van der Waals surface area contributed by atoms with E-state index in [0.29, 0.717) is 0 Å². The summed E-state index contributed by atoms with van der Waals surface area (Å²) in [6.45, 7) is 4.89. The molecule has 2 aliphatic rings. The monoisotopic (exact) mass is 370 g/mol. The number of rotatable bonds is 5. The molecule has 1 aromatic rings. The minimum atomic E-state index is 0.853. The van der Waals surface area contributed by atoms with Gasteiger partial charge in [0.2, 0.25) is 0 Å². The van der Waals surface area contributed by atoms with Crippen LogP contribution in [0.15, 0.2) is 24.3 Å². The fraction of sp³-hybridized carbons (Fsp3) is 0.625. The van der Waals surface area contributed by atoms with Crippen LogP contribution in [0.1, 0.15) is 31.2 Å². The molecule has 1 aromatic carbocycles. The third-order valence-corrected chi connectivity index (χ3v) is 4.91. The van der Waals surface area contributed by atoms with Crippen LogP contribution in [0, 0.1) is 9.49 Å². The van der Waals surface area contributed by atoms with Crippen LogP contribution in [0.4, 0.5) is 0 Å². The molecular formula is C16H23IN2. The molecule has 0 amide bonds. The van der Waals surface area contributed by atoms with Gasteiger partial charge in [0.15, 0.2) is 0 Å². The average Bonchev–Trinajstić information content (AvgIpc) is 3.24. The molecule has 1 saturated heterocycles. The van der Waals surface area contributed by atoms with Crippen molar-refractivity contribution in [2.45, 2.75) is 38.3 Å². The zero-order chi connectivity index (χ0) is 13.1. The number of likely N-dealkylation sites (tertiary alicyclic amines) is 1. The molecule has 0 bridgehead atoms. The third kappa shape index (κ3) is 4.43. The van der Waals surface area contributed by atoms with Crippen LogP contribution in [0.5, 0.6) is 0 Å². The molecule has 1 aliphatic heterocycles. The summed E-state index contributed by atoms with van der Waals surface area (Å²) in [4.78, 5) is 2.63. The molecule has 2 nitrogen and oxygen atoms in total. The maximum Gasteiger partial charge on any atom is 0.0233 e. The summed E-state index contributed by atoms with van der Waals surface area (Å²) in [6, 6.07) is 9.83. The number of halogens is 1. The van der Waals surface area contributed by atoms with Gasteiger partial charge in [-0.1, -0.05) is 12.1 Å². The zero-order valence-corrected chi connectivity index (χ0v) is 13.6. The average molecular weight is 370 g/mol. The maximum absolute atomic E-state index is 3.69. The molecule has 0 spiro atoms. The summed E-state index contributed by atoms with van der Waals surface area (Å²) in [6.07, 6.45) is 5.57.